The van der Waals surface area contributed by atoms with Gasteiger partial charge in [-0.05, 0) is 55.4 Å². The maximum atomic E-state index is 10.8. The minimum Gasteiger partial charge on any atom is -0.355 e. The molecule has 1 N–H and O–H groups in total. The van der Waals surface area contributed by atoms with Gasteiger partial charge in [-0.15, -0.1) is 0 Å². The van der Waals surface area contributed by atoms with Crippen molar-refractivity contribution in [1.29, 1.82) is 0 Å². The second-order valence-corrected chi connectivity index (χ2v) is 10.3. The van der Waals surface area contributed by atoms with Crippen molar-refractivity contribution in [3.05, 3.63) is 11.5 Å². The first-order chi connectivity index (χ1) is 14.9. The molecule has 3 unspecified atom stereocenters. The number of hydrogen-bond acceptors (Lipinski definition) is 8. The standard InChI is InChI=1S/C19H26ClN6O4P/c1-24-6-2-5-19(9-24)10-25(11-19)16-14-7-21-26(17(14)23-18(20)22-16)15-4-3-13(30-15)8-29-12-31(27)28/h7,13,15H,2-6,8-12H2,1H3/p+1. The van der Waals surface area contributed by atoms with Crippen molar-refractivity contribution in [2.75, 3.05) is 51.1 Å². The van der Waals surface area contributed by atoms with Crippen molar-refractivity contribution in [3.63, 3.8) is 0 Å². The monoisotopic (exact) mass is 469 g/mol. The molecule has 3 fully saturated rings. The molecule has 0 saturated carbocycles. The molecule has 5 heterocycles. The highest BCUT2D eigenvalue weighted by Crippen LogP contribution is 2.42. The van der Waals surface area contributed by atoms with Crippen LogP contribution >= 0.6 is 19.6 Å². The van der Waals surface area contributed by atoms with Gasteiger partial charge >= 0.3 is 8.03 Å². The smallest absolute Gasteiger partial charge is 0.355 e. The normalized spacial score (nSPS) is 26.5. The molecule has 2 aromatic rings. The molecule has 5 rings (SSSR count). The van der Waals surface area contributed by atoms with Crippen molar-refractivity contribution < 1.29 is 18.9 Å². The van der Waals surface area contributed by atoms with E-state index in [9.17, 15) is 4.57 Å². The molecule has 0 aromatic carbocycles. The molecule has 31 heavy (non-hydrogen) atoms. The van der Waals surface area contributed by atoms with Crippen LogP contribution in [0.1, 0.15) is 31.9 Å². The van der Waals surface area contributed by atoms with Gasteiger partial charge in [-0.1, -0.05) is 0 Å². The number of fused-ring (bicyclic) bond motifs is 1. The summed E-state index contributed by atoms with van der Waals surface area (Å²) in [4.78, 5) is 22.5. The quantitative estimate of drug-likeness (QED) is 0.504. The highest BCUT2D eigenvalue weighted by Gasteiger charge is 2.46. The van der Waals surface area contributed by atoms with Gasteiger partial charge in [0, 0.05) is 25.0 Å². The Morgan fingerprint density at radius 3 is 2.97 bits per heavy atom. The zero-order chi connectivity index (χ0) is 21.6. The van der Waals surface area contributed by atoms with Crippen LogP contribution in [0.3, 0.4) is 0 Å². The Morgan fingerprint density at radius 1 is 1.35 bits per heavy atom. The fourth-order valence-electron chi connectivity index (χ4n) is 5.21. The zero-order valence-corrected chi connectivity index (χ0v) is 19.1. The Labute approximate surface area is 186 Å². The summed E-state index contributed by atoms with van der Waals surface area (Å²) in [6.45, 7) is 4.51. The Bertz CT molecular complexity index is 984. The molecule has 3 atom stereocenters. The first-order valence-corrected chi connectivity index (χ1v) is 12.4. The largest absolute Gasteiger partial charge is 0.534 e. The molecule has 168 valence electrons. The lowest BCUT2D eigenvalue weighted by molar-refractivity contribution is -0.0380. The average molecular weight is 470 g/mol. The van der Waals surface area contributed by atoms with Crippen LogP contribution in [0.15, 0.2) is 6.20 Å². The third kappa shape index (κ3) is 4.29. The Balaban J connectivity index is 1.31. The third-order valence-corrected chi connectivity index (χ3v) is 7.05. The minimum absolute atomic E-state index is 0.144. The summed E-state index contributed by atoms with van der Waals surface area (Å²) < 4.78 is 23.8. The predicted molar refractivity (Wildman–Crippen MR) is 115 cm³/mol. The number of rotatable bonds is 6. The average Bonchev–Trinajstić information content (AvgIpc) is 3.32. The Morgan fingerprint density at radius 2 is 2.19 bits per heavy atom. The van der Waals surface area contributed by atoms with Crippen LogP contribution in [0.2, 0.25) is 5.28 Å². The van der Waals surface area contributed by atoms with Gasteiger partial charge in [0.05, 0.1) is 24.3 Å². The molecule has 3 saturated heterocycles. The van der Waals surface area contributed by atoms with Crippen molar-refractivity contribution in [3.8, 4) is 0 Å². The SMILES string of the molecule is CN1CCCC2(C1)CN(c1nc(Cl)nc3c1cnn3C1CCC(COC[P+](=O)O)O1)C2. The number of halogens is 1. The number of likely N-dealkylation sites (tertiary alicyclic amines) is 1. The highest BCUT2D eigenvalue weighted by molar-refractivity contribution is 7.37. The summed E-state index contributed by atoms with van der Waals surface area (Å²) in [5.74, 6) is 0.838. The van der Waals surface area contributed by atoms with Crippen molar-refractivity contribution in [2.45, 2.75) is 38.0 Å². The second-order valence-electron chi connectivity index (χ2n) is 8.98. The van der Waals surface area contributed by atoms with E-state index >= 15 is 0 Å². The third-order valence-electron chi connectivity index (χ3n) is 6.47. The molecule has 0 amide bonds. The predicted octanol–water partition coefficient (Wildman–Crippen LogP) is 2.40. The number of piperidine rings is 1. The molecule has 0 radical (unpaired) electrons. The van der Waals surface area contributed by atoms with E-state index in [2.05, 4.69) is 31.9 Å². The van der Waals surface area contributed by atoms with Gasteiger partial charge in [0.25, 0.3) is 6.35 Å². The molecule has 3 aliphatic heterocycles. The van der Waals surface area contributed by atoms with Gasteiger partial charge in [0.15, 0.2) is 11.9 Å². The summed E-state index contributed by atoms with van der Waals surface area (Å²) in [6.07, 6.45) is 5.22. The maximum absolute atomic E-state index is 10.8. The molecule has 3 aliphatic rings. The molecule has 1 spiro atoms. The zero-order valence-electron chi connectivity index (χ0n) is 17.5. The summed E-state index contributed by atoms with van der Waals surface area (Å²) in [6, 6.07) is 0. The van der Waals surface area contributed by atoms with Crippen LogP contribution in [0.25, 0.3) is 11.0 Å². The van der Waals surface area contributed by atoms with Gasteiger partial charge in [-0.2, -0.15) is 20.0 Å². The van der Waals surface area contributed by atoms with Crippen LogP contribution in [0, 0.1) is 5.41 Å². The van der Waals surface area contributed by atoms with Crippen molar-refractivity contribution >= 4 is 36.5 Å². The topological polar surface area (TPSA) is 106 Å². The van der Waals surface area contributed by atoms with Gasteiger partial charge in [-0.3, -0.25) is 0 Å². The minimum atomic E-state index is -2.30. The Kier molecular flexibility index (Phi) is 5.87. The molecule has 12 heteroatoms. The summed E-state index contributed by atoms with van der Waals surface area (Å²) in [7, 11) is -0.104. The number of nitrogens with zero attached hydrogens (tertiary/aromatic N) is 6. The van der Waals surface area contributed by atoms with Crippen LogP contribution in [-0.4, -0.2) is 81.8 Å². The molecule has 2 aromatic heterocycles. The van der Waals surface area contributed by atoms with Crippen molar-refractivity contribution in [2.24, 2.45) is 5.41 Å². The number of anilines is 1. The lowest BCUT2D eigenvalue weighted by Crippen LogP contribution is -2.62. The van der Waals surface area contributed by atoms with Gasteiger partial charge < -0.3 is 19.3 Å². The van der Waals surface area contributed by atoms with Crippen LogP contribution in [0.5, 0.6) is 0 Å². The van der Waals surface area contributed by atoms with E-state index in [1.807, 2.05) is 0 Å². The molecule has 10 nitrogen and oxygen atoms in total. The summed E-state index contributed by atoms with van der Waals surface area (Å²) in [5.41, 5.74) is 1.01. The van der Waals surface area contributed by atoms with E-state index in [1.165, 1.54) is 19.4 Å². The van der Waals surface area contributed by atoms with Crippen molar-refractivity contribution in [1.82, 2.24) is 24.6 Å². The molecular weight excluding hydrogens is 443 g/mol. The first kappa shape index (κ1) is 21.4. The van der Waals surface area contributed by atoms with Gasteiger partial charge in [-0.25, -0.2) is 4.68 Å². The van der Waals surface area contributed by atoms with E-state index in [4.69, 9.17) is 26.0 Å². The van der Waals surface area contributed by atoms with E-state index < -0.39 is 8.03 Å². The van der Waals surface area contributed by atoms with Crippen LogP contribution in [0.4, 0.5) is 5.82 Å². The lowest BCUT2D eigenvalue weighted by atomic mass is 9.73. The van der Waals surface area contributed by atoms with E-state index in [1.54, 1.807) is 10.9 Å². The van der Waals surface area contributed by atoms with E-state index in [-0.39, 0.29) is 30.6 Å². The second kappa shape index (κ2) is 8.50. The Hall–Kier alpha value is -1.42. The molecule has 0 bridgehead atoms. The van der Waals surface area contributed by atoms with Gasteiger partial charge in [0.2, 0.25) is 5.28 Å². The summed E-state index contributed by atoms with van der Waals surface area (Å²) in [5, 5.41) is 5.63. The number of ether oxygens (including phenoxy) is 2. The first-order valence-electron chi connectivity index (χ1n) is 10.6. The van der Waals surface area contributed by atoms with E-state index in [0.717, 1.165) is 43.7 Å². The lowest BCUT2D eigenvalue weighted by Gasteiger charge is -2.54. The fraction of sp³-hybridized carbons (Fsp3) is 0.737. The molecular formula is C19H27ClN6O4P+. The number of aromatic nitrogens is 4. The fourth-order valence-corrected chi connectivity index (χ4v) is 5.64. The summed E-state index contributed by atoms with van der Waals surface area (Å²) >= 11 is 6.30. The maximum Gasteiger partial charge on any atom is 0.534 e. The number of hydrogen-bond donors (Lipinski definition) is 1. The van der Waals surface area contributed by atoms with Crippen LogP contribution in [-0.2, 0) is 14.0 Å². The van der Waals surface area contributed by atoms with Crippen LogP contribution < -0.4 is 4.90 Å². The van der Waals surface area contributed by atoms with E-state index in [0.29, 0.717) is 11.1 Å². The molecule has 0 aliphatic carbocycles. The highest BCUT2D eigenvalue weighted by atomic mass is 35.5. The van der Waals surface area contributed by atoms with Gasteiger partial charge in [0.1, 0.15) is 5.82 Å².